The second kappa shape index (κ2) is 18.4. The van der Waals surface area contributed by atoms with Crippen LogP contribution in [-0.2, 0) is 32.1 Å². The van der Waals surface area contributed by atoms with Gasteiger partial charge in [-0.2, -0.15) is 5.26 Å². The summed E-state index contributed by atoms with van der Waals surface area (Å²) in [6, 6.07) is 3.33. The zero-order chi connectivity index (χ0) is 29.4. The highest BCUT2D eigenvalue weighted by Gasteiger charge is 2.30. The van der Waals surface area contributed by atoms with Gasteiger partial charge in [0.05, 0.1) is 32.3 Å². The zero-order valence-corrected chi connectivity index (χ0v) is 25.1. The van der Waals surface area contributed by atoms with Gasteiger partial charge in [-0.05, 0) is 33.8 Å². The first-order chi connectivity index (χ1) is 18.5. The molecule has 220 valence electrons. The first kappa shape index (κ1) is 35.1. The second-order valence-electron chi connectivity index (χ2n) is 8.56. The van der Waals surface area contributed by atoms with Crippen LogP contribution in [-0.4, -0.2) is 73.1 Å². The van der Waals surface area contributed by atoms with Gasteiger partial charge in [0.2, 0.25) is 0 Å². The molecule has 0 spiro atoms. The van der Waals surface area contributed by atoms with E-state index in [1.54, 1.807) is 6.08 Å². The zero-order valence-electron chi connectivity index (χ0n) is 23.3. The molecule has 3 atom stereocenters. The molecular weight excluding hydrogens is 550 g/mol. The van der Waals surface area contributed by atoms with Crippen molar-refractivity contribution in [2.24, 2.45) is 0 Å². The van der Waals surface area contributed by atoms with Crippen LogP contribution in [0.4, 0.5) is 0 Å². The van der Waals surface area contributed by atoms with Gasteiger partial charge in [0.1, 0.15) is 12.7 Å². The first-order valence-electron chi connectivity index (χ1n) is 12.3. The molecule has 0 bridgehead atoms. The molecule has 3 unspecified atom stereocenters. The summed E-state index contributed by atoms with van der Waals surface area (Å²) < 4.78 is 49.5. The first-order valence-corrected chi connectivity index (χ1v) is 15.0. The summed E-state index contributed by atoms with van der Waals surface area (Å²) in [5.74, 6) is 1.24. The molecule has 0 radical (unpaired) electrons. The Labute approximate surface area is 230 Å². The highest BCUT2D eigenvalue weighted by molar-refractivity contribution is 7.57. The van der Waals surface area contributed by atoms with Crippen molar-refractivity contribution in [2.75, 3.05) is 40.6 Å². The van der Waals surface area contributed by atoms with Gasteiger partial charge in [-0.3, -0.25) is 18.9 Å². The molecule has 1 aromatic heterocycles. The number of rotatable bonds is 20. The molecule has 1 rings (SSSR count). The molecular formula is C24H40N4O9P2. The summed E-state index contributed by atoms with van der Waals surface area (Å²) in [6.45, 7) is 11.8. The number of nitriles is 1. The molecule has 0 aromatic carbocycles. The molecule has 0 fully saturated rings. The van der Waals surface area contributed by atoms with Crippen LogP contribution in [0.3, 0.4) is 0 Å². The van der Waals surface area contributed by atoms with Crippen LogP contribution in [0.15, 0.2) is 46.4 Å². The Bertz CT molecular complexity index is 1080. The molecule has 0 amide bonds. The predicted molar refractivity (Wildman–Crippen MR) is 148 cm³/mol. The minimum absolute atomic E-state index is 0.00208. The summed E-state index contributed by atoms with van der Waals surface area (Å²) in [5, 5.41) is 8.96. The maximum Gasteiger partial charge on any atom is 0.353 e. The number of aromatic amines is 1. The van der Waals surface area contributed by atoms with Crippen molar-refractivity contribution < 1.29 is 32.1 Å². The van der Waals surface area contributed by atoms with Crippen molar-refractivity contribution in [3.63, 3.8) is 0 Å². The number of ether oxygens (including phenoxy) is 2. The van der Waals surface area contributed by atoms with Crippen molar-refractivity contribution >= 4 is 16.1 Å². The smallest absolute Gasteiger partial charge is 0.353 e. The average molecular weight is 591 g/mol. The molecule has 0 aliphatic rings. The Balaban J connectivity index is 3.38. The number of aromatic nitrogens is 2. The standard InChI is InChI=1S/C24H40N4O9P2/c1-8-14-34-17-21(11-16-39(31,32-6)33-7)37-23(27-13-10-22(29)26-24(27)30)18-36-38(35-15-9-12-25)28(19(2)3)20(4)5/h8,10-11,13,16,19-21,23H,1,9,14-15,17-18H2,2-7H3,(H,26,29,30)/b16-11+. The Hall–Kier alpha value is -1.97. The quantitative estimate of drug-likeness (QED) is 0.134. The number of hydrogen-bond acceptors (Lipinski definition) is 11. The van der Waals surface area contributed by atoms with Crippen LogP contribution in [0.25, 0.3) is 0 Å². The van der Waals surface area contributed by atoms with Crippen LogP contribution < -0.4 is 11.2 Å². The molecule has 0 aliphatic heterocycles. The number of nitrogens with zero attached hydrogens (tertiary/aromatic N) is 3. The lowest BCUT2D eigenvalue weighted by molar-refractivity contribution is -0.0846. The fourth-order valence-corrected chi connectivity index (χ4v) is 5.68. The van der Waals surface area contributed by atoms with Crippen LogP contribution >= 0.6 is 16.1 Å². The van der Waals surface area contributed by atoms with Crippen LogP contribution in [0.5, 0.6) is 0 Å². The van der Waals surface area contributed by atoms with Crippen molar-refractivity contribution in [1.29, 1.82) is 5.26 Å². The van der Waals surface area contributed by atoms with E-state index in [0.717, 1.165) is 0 Å². The summed E-state index contributed by atoms with van der Waals surface area (Å²) in [5.41, 5.74) is -1.29. The van der Waals surface area contributed by atoms with Gasteiger partial charge in [-0.1, -0.05) is 6.08 Å². The molecule has 1 heterocycles. The van der Waals surface area contributed by atoms with E-state index < -0.39 is 39.7 Å². The predicted octanol–water partition coefficient (Wildman–Crippen LogP) is 3.92. The van der Waals surface area contributed by atoms with Crippen LogP contribution in [0, 0.1) is 11.3 Å². The topological polar surface area (TPSA) is 154 Å². The largest absolute Gasteiger partial charge is 0.374 e. The fraction of sp³-hybridized carbons (Fsp3) is 0.625. The van der Waals surface area contributed by atoms with E-state index in [-0.39, 0.29) is 44.9 Å². The van der Waals surface area contributed by atoms with Gasteiger partial charge in [0.15, 0.2) is 6.23 Å². The van der Waals surface area contributed by atoms with E-state index >= 15 is 0 Å². The molecule has 39 heavy (non-hydrogen) atoms. The molecule has 0 saturated heterocycles. The SMILES string of the molecule is C=CCOCC(/C=C/P(=O)(OC)OC)OC(COP(OCCC#N)N(C(C)C)C(C)C)n1ccc(=O)[nH]c1=O. The van der Waals surface area contributed by atoms with E-state index in [9.17, 15) is 14.2 Å². The minimum Gasteiger partial charge on any atom is -0.374 e. The maximum atomic E-state index is 12.7. The number of nitrogens with one attached hydrogen (secondary N) is 1. The van der Waals surface area contributed by atoms with Crippen molar-refractivity contribution in [1.82, 2.24) is 14.2 Å². The van der Waals surface area contributed by atoms with Gasteiger partial charge in [-0.25, -0.2) is 9.46 Å². The molecule has 13 nitrogen and oxygen atoms in total. The molecule has 15 heteroatoms. The van der Waals surface area contributed by atoms with E-state index in [1.807, 2.05) is 38.4 Å². The van der Waals surface area contributed by atoms with Gasteiger partial charge in [0.25, 0.3) is 14.1 Å². The van der Waals surface area contributed by atoms with Crippen LogP contribution in [0.2, 0.25) is 0 Å². The lowest BCUT2D eigenvalue weighted by atomic mass is 10.3. The molecule has 0 aliphatic carbocycles. The minimum atomic E-state index is -3.52. The van der Waals surface area contributed by atoms with Gasteiger partial charge in [0, 0.05) is 44.4 Å². The lowest BCUT2D eigenvalue weighted by Gasteiger charge is -2.36. The van der Waals surface area contributed by atoms with Crippen molar-refractivity contribution in [3.8, 4) is 6.07 Å². The average Bonchev–Trinajstić information content (AvgIpc) is 2.88. The molecule has 1 N–H and O–H groups in total. The normalized spacial score (nSPS) is 14.7. The lowest BCUT2D eigenvalue weighted by Crippen LogP contribution is -2.38. The summed E-state index contributed by atoms with van der Waals surface area (Å²) in [7, 11) is -2.68. The van der Waals surface area contributed by atoms with Gasteiger partial charge < -0.3 is 27.6 Å². The third-order valence-electron chi connectivity index (χ3n) is 4.99. The number of H-pyrrole nitrogens is 1. The van der Waals surface area contributed by atoms with E-state index in [4.69, 9.17) is 32.8 Å². The number of hydrogen-bond donors (Lipinski definition) is 1. The Morgan fingerprint density at radius 1 is 1.18 bits per heavy atom. The monoisotopic (exact) mass is 590 g/mol. The highest BCUT2D eigenvalue weighted by atomic mass is 31.2. The summed E-state index contributed by atoms with van der Waals surface area (Å²) in [6.07, 6.45) is 2.57. The maximum absolute atomic E-state index is 12.7. The van der Waals surface area contributed by atoms with Gasteiger partial charge >= 0.3 is 13.3 Å². The third kappa shape index (κ3) is 12.4. The van der Waals surface area contributed by atoms with Crippen molar-refractivity contribution in [3.05, 3.63) is 57.6 Å². The molecule has 1 aromatic rings. The third-order valence-corrected chi connectivity index (χ3v) is 8.62. The van der Waals surface area contributed by atoms with Crippen molar-refractivity contribution in [2.45, 2.75) is 58.5 Å². The van der Waals surface area contributed by atoms with Crippen LogP contribution in [0.1, 0.15) is 40.3 Å². The molecule has 0 saturated carbocycles. The Kier molecular flexibility index (Phi) is 16.5. The van der Waals surface area contributed by atoms with E-state index in [0.29, 0.717) is 0 Å². The Morgan fingerprint density at radius 3 is 2.38 bits per heavy atom. The highest BCUT2D eigenvalue weighted by Crippen LogP contribution is 2.48. The Morgan fingerprint density at radius 2 is 1.85 bits per heavy atom. The van der Waals surface area contributed by atoms with E-state index in [1.165, 1.54) is 42.9 Å². The fourth-order valence-electron chi connectivity index (χ4n) is 3.29. The summed E-state index contributed by atoms with van der Waals surface area (Å²) >= 11 is 0. The van der Waals surface area contributed by atoms with E-state index in [2.05, 4.69) is 11.6 Å². The second-order valence-corrected chi connectivity index (χ2v) is 12.1. The van der Waals surface area contributed by atoms with Gasteiger partial charge in [-0.15, -0.1) is 6.58 Å². The summed E-state index contributed by atoms with van der Waals surface area (Å²) in [4.78, 5) is 26.6.